The molecule has 5 heteroatoms. The van der Waals surface area contributed by atoms with E-state index in [0.29, 0.717) is 17.5 Å². The molecule has 0 radical (unpaired) electrons. The van der Waals surface area contributed by atoms with Crippen LogP contribution in [0.2, 0.25) is 0 Å². The molecule has 0 saturated heterocycles. The highest BCUT2D eigenvalue weighted by Crippen LogP contribution is 2.41. The summed E-state index contributed by atoms with van der Waals surface area (Å²) >= 11 is 0. The van der Waals surface area contributed by atoms with Crippen LogP contribution in [0.15, 0.2) is 223 Å². The molecule has 0 fully saturated rings. The molecule has 0 amide bonds. The van der Waals surface area contributed by atoms with Crippen molar-refractivity contribution in [3.63, 3.8) is 0 Å². The van der Waals surface area contributed by atoms with Crippen molar-refractivity contribution in [1.82, 2.24) is 19.5 Å². The maximum absolute atomic E-state index is 6.39. The first-order valence-corrected chi connectivity index (χ1v) is 20.8. The van der Waals surface area contributed by atoms with E-state index in [0.717, 1.165) is 72.0 Å². The number of para-hydroxylation sites is 1. The van der Waals surface area contributed by atoms with Gasteiger partial charge in [-0.25, -0.2) is 15.0 Å². The molecule has 9 aromatic carbocycles. The predicted octanol–water partition coefficient (Wildman–Crippen LogP) is 14.9. The maximum Gasteiger partial charge on any atom is 0.164 e. The molecule has 12 aromatic rings. The molecular formula is C57H36N4O. The molecule has 3 heterocycles. The molecule has 12 rings (SSSR count). The number of aromatic nitrogens is 4. The Balaban J connectivity index is 0.978. The number of hydrogen-bond donors (Lipinski definition) is 0. The van der Waals surface area contributed by atoms with E-state index in [9.17, 15) is 0 Å². The third kappa shape index (κ3) is 6.14. The Labute approximate surface area is 357 Å². The lowest BCUT2D eigenvalue weighted by atomic mass is 10.0. The van der Waals surface area contributed by atoms with Crippen molar-refractivity contribution in [2.45, 2.75) is 0 Å². The molecule has 0 aliphatic carbocycles. The fourth-order valence-electron chi connectivity index (χ4n) is 8.82. The van der Waals surface area contributed by atoms with Gasteiger partial charge in [-0.1, -0.05) is 182 Å². The number of nitrogens with zero attached hydrogens (tertiary/aromatic N) is 4. The molecule has 0 saturated carbocycles. The molecule has 0 N–H and O–H groups in total. The number of benzene rings is 9. The Hall–Kier alpha value is -8.41. The molecule has 0 unspecified atom stereocenters. The van der Waals surface area contributed by atoms with Crippen LogP contribution in [-0.4, -0.2) is 19.5 Å². The van der Waals surface area contributed by atoms with Gasteiger partial charge in [-0.05, 0) is 69.8 Å². The molecule has 5 nitrogen and oxygen atoms in total. The maximum atomic E-state index is 6.39. The van der Waals surface area contributed by atoms with Gasteiger partial charge in [0.05, 0.1) is 22.1 Å². The van der Waals surface area contributed by atoms with Crippen molar-refractivity contribution in [2.75, 3.05) is 0 Å². The van der Waals surface area contributed by atoms with Crippen LogP contribution in [-0.2, 0) is 0 Å². The molecule has 3 aromatic heterocycles. The van der Waals surface area contributed by atoms with E-state index in [4.69, 9.17) is 19.4 Å². The first-order valence-electron chi connectivity index (χ1n) is 20.8. The fraction of sp³-hybridized carbons (Fsp3) is 0. The topological polar surface area (TPSA) is 56.7 Å². The standard InChI is InChI=1S/C57H36N4O/c1-4-13-37(14-5-1)39-23-27-42(28-24-39)56-58-55(41-17-8-3-9-18-41)59-57(60-56)43-29-25-40(26-30-43)45-31-33-46-48-35-44(38-15-6-2-7-16-38)32-34-49(48)61(51(46)36-45)50-20-12-22-53-54(50)47-19-10-11-21-52(47)62-53/h1-36H. The zero-order chi connectivity index (χ0) is 41.0. The molecule has 62 heavy (non-hydrogen) atoms. The number of rotatable bonds is 7. The first kappa shape index (κ1) is 35.5. The zero-order valence-corrected chi connectivity index (χ0v) is 33.5. The van der Waals surface area contributed by atoms with Crippen molar-refractivity contribution in [3.05, 3.63) is 218 Å². The first-order chi connectivity index (χ1) is 30.7. The summed E-state index contributed by atoms with van der Waals surface area (Å²) in [6, 6.07) is 76.4. The highest BCUT2D eigenvalue weighted by Gasteiger charge is 2.19. The van der Waals surface area contributed by atoms with Crippen LogP contribution in [0.3, 0.4) is 0 Å². The molecule has 0 atom stereocenters. The Kier molecular flexibility index (Phi) is 8.42. The predicted molar refractivity (Wildman–Crippen MR) is 254 cm³/mol. The quantitative estimate of drug-likeness (QED) is 0.161. The Morgan fingerprint density at radius 1 is 0.290 bits per heavy atom. The molecule has 0 bridgehead atoms. The van der Waals surface area contributed by atoms with E-state index in [-0.39, 0.29) is 0 Å². The van der Waals surface area contributed by atoms with E-state index in [1.54, 1.807) is 0 Å². The third-order valence-electron chi connectivity index (χ3n) is 11.9. The summed E-state index contributed by atoms with van der Waals surface area (Å²) in [5, 5.41) is 4.58. The number of hydrogen-bond acceptors (Lipinski definition) is 4. The lowest BCUT2D eigenvalue weighted by molar-refractivity contribution is 0.669. The van der Waals surface area contributed by atoms with Gasteiger partial charge in [-0.2, -0.15) is 0 Å². The van der Waals surface area contributed by atoms with Crippen molar-refractivity contribution < 1.29 is 4.42 Å². The van der Waals surface area contributed by atoms with Gasteiger partial charge >= 0.3 is 0 Å². The largest absolute Gasteiger partial charge is 0.456 e. The van der Waals surface area contributed by atoms with E-state index < -0.39 is 0 Å². The molecule has 0 aliphatic rings. The van der Waals surface area contributed by atoms with Gasteiger partial charge in [0.2, 0.25) is 0 Å². The second-order valence-corrected chi connectivity index (χ2v) is 15.6. The Bertz CT molecular complexity index is 3590. The average molecular weight is 793 g/mol. The third-order valence-corrected chi connectivity index (χ3v) is 11.9. The smallest absolute Gasteiger partial charge is 0.164 e. The second kappa shape index (κ2) is 14.7. The van der Waals surface area contributed by atoms with Gasteiger partial charge in [0.1, 0.15) is 11.2 Å². The van der Waals surface area contributed by atoms with Gasteiger partial charge in [0, 0.05) is 32.8 Å². The van der Waals surface area contributed by atoms with Crippen molar-refractivity contribution in [2.24, 2.45) is 0 Å². The van der Waals surface area contributed by atoms with Crippen LogP contribution in [0.25, 0.3) is 117 Å². The number of furan rings is 1. The molecule has 0 spiro atoms. The molecular weight excluding hydrogens is 757 g/mol. The lowest BCUT2D eigenvalue weighted by Crippen LogP contribution is -2.00. The van der Waals surface area contributed by atoms with Crippen LogP contribution < -0.4 is 0 Å². The SMILES string of the molecule is c1ccc(-c2ccc(-c3nc(-c4ccccc4)nc(-c4ccc(-c5ccc6c7cc(-c8ccccc8)ccc7n(-c7cccc8oc9ccccc9c78)c6c5)cc4)n3)cc2)cc1. The summed E-state index contributed by atoms with van der Waals surface area (Å²) in [6.45, 7) is 0. The second-order valence-electron chi connectivity index (χ2n) is 15.6. The van der Waals surface area contributed by atoms with Crippen LogP contribution in [0.5, 0.6) is 0 Å². The van der Waals surface area contributed by atoms with Crippen molar-refractivity contribution in [3.8, 4) is 73.2 Å². The minimum absolute atomic E-state index is 0.623. The minimum atomic E-state index is 0.623. The van der Waals surface area contributed by atoms with Crippen LogP contribution in [0.1, 0.15) is 0 Å². The lowest BCUT2D eigenvalue weighted by Gasteiger charge is -2.11. The Morgan fingerprint density at radius 2 is 0.742 bits per heavy atom. The average Bonchev–Trinajstić information content (AvgIpc) is 3.90. The summed E-state index contributed by atoms with van der Waals surface area (Å²) in [4.78, 5) is 15.0. The summed E-state index contributed by atoms with van der Waals surface area (Å²) in [7, 11) is 0. The van der Waals surface area contributed by atoms with Crippen LogP contribution in [0.4, 0.5) is 0 Å². The minimum Gasteiger partial charge on any atom is -0.456 e. The summed E-state index contributed by atoms with van der Waals surface area (Å²) in [6.07, 6.45) is 0. The molecule has 0 aliphatic heterocycles. The summed E-state index contributed by atoms with van der Waals surface area (Å²) < 4.78 is 8.80. The summed E-state index contributed by atoms with van der Waals surface area (Å²) in [5.41, 5.74) is 14.8. The van der Waals surface area contributed by atoms with Gasteiger partial charge in [-0.3, -0.25) is 0 Å². The van der Waals surface area contributed by atoms with E-state index in [2.05, 4.69) is 174 Å². The monoisotopic (exact) mass is 792 g/mol. The van der Waals surface area contributed by atoms with Crippen molar-refractivity contribution >= 4 is 43.7 Å². The highest BCUT2D eigenvalue weighted by atomic mass is 16.3. The highest BCUT2D eigenvalue weighted by molar-refractivity contribution is 6.15. The summed E-state index contributed by atoms with van der Waals surface area (Å²) in [5.74, 6) is 1.89. The van der Waals surface area contributed by atoms with E-state index in [1.807, 2.05) is 48.5 Å². The van der Waals surface area contributed by atoms with E-state index in [1.165, 1.54) is 27.5 Å². The van der Waals surface area contributed by atoms with Gasteiger partial charge in [0.25, 0.3) is 0 Å². The van der Waals surface area contributed by atoms with Crippen LogP contribution in [0, 0.1) is 0 Å². The van der Waals surface area contributed by atoms with Crippen LogP contribution >= 0.6 is 0 Å². The normalized spacial score (nSPS) is 11.5. The van der Waals surface area contributed by atoms with E-state index >= 15 is 0 Å². The fourth-order valence-corrected chi connectivity index (χ4v) is 8.82. The molecule has 290 valence electrons. The van der Waals surface area contributed by atoms with Gasteiger partial charge in [0.15, 0.2) is 17.5 Å². The number of fused-ring (bicyclic) bond motifs is 6. The van der Waals surface area contributed by atoms with Gasteiger partial charge in [-0.15, -0.1) is 0 Å². The zero-order valence-electron chi connectivity index (χ0n) is 33.5. The van der Waals surface area contributed by atoms with Crippen molar-refractivity contribution in [1.29, 1.82) is 0 Å². The Morgan fingerprint density at radius 3 is 1.39 bits per heavy atom. The van der Waals surface area contributed by atoms with Gasteiger partial charge < -0.3 is 8.98 Å².